The number of carbonyl (C=O) groups excluding carboxylic acids is 2. The van der Waals surface area contributed by atoms with Crippen molar-refractivity contribution in [3.63, 3.8) is 0 Å². The lowest BCUT2D eigenvalue weighted by molar-refractivity contribution is -0.991. The van der Waals surface area contributed by atoms with Gasteiger partial charge in [-0.05, 0) is 34.4 Å². The Balaban J connectivity index is 1.50. The molecule has 6 heteroatoms. The lowest BCUT2D eigenvalue weighted by Gasteiger charge is -2.45. The van der Waals surface area contributed by atoms with Gasteiger partial charge in [0.05, 0.1) is 17.5 Å². The molecule has 1 aliphatic heterocycles. The normalized spacial score (nSPS) is 26.9. The molecule has 1 unspecified atom stereocenters. The van der Waals surface area contributed by atoms with E-state index in [1.807, 2.05) is 24.3 Å². The smallest absolute Gasteiger partial charge is 0.238 e. The molecular weight excluding hydrogens is 380 g/mol. The zero-order chi connectivity index (χ0) is 20.6. The summed E-state index contributed by atoms with van der Waals surface area (Å²) < 4.78 is 0. The Kier molecular flexibility index (Phi) is 3.56. The Labute approximate surface area is 172 Å². The Hall–Kier alpha value is -3.32. The molecule has 2 amide bonds. The predicted octanol–water partition coefficient (Wildman–Crippen LogP) is 2.49. The number of hydrogen-bond acceptors (Lipinski definition) is 4. The number of nitrogens with one attached hydrogen (secondary N) is 1. The van der Waals surface area contributed by atoms with Gasteiger partial charge in [0, 0.05) is 24.0 Å². The van der Waals surface area contributed by atoms with E-state index in [9.17, 15) is 14.8 Å². The monoisotopic (exact) mass is 398 g/mol. The molecule has 1 saturated heterocycles. The van der Waals surface area contributed by atoms with Crippen LogP contribution in [0.4, 0.5) is 11.4 Å². The number of imide groups is 1. The van der Waals surface area contributed by atoms with E-state index in [1.165, 1.54) is 17.0 Å². The number of amides is 2. The maximum Gasteiger partial charge on any atom is 0.238 e. The quantitative estimate of drug-likeness (QED) is 0.513. The second-order valence-corrected chi connectivity index (χ2v) is 8.13. The van der Waals surface area contributed by atoms with Crippen LogP contribution in [0.2, 0.25) is 0 Å². The molecule has 2 N–H and O–H groups in total. The number of rotatable bonds is 2. The lowest BCUT2D eigenvalue weighted by atomic mass is 9.55. The van der Waals surface area contributed by atoms with E-state index in [2.05, 4.69) is 24.3 Å². The summed E-state index contributed by atoms with van der Waals surface area (Å²) in [6.07, 6.45) is 0. The van der Waals surface area contributed by atoms with Crippen LogP contribution in [0, 0.1) is 17.0 Å². The van der Waals surface area contributed by atoms with Crippen LogP contribution in [0.15, 0.2) is 72.8 Å². The molecule has 3 atom stereocenters. The van der Waals surface area contributed by atoms with Crippen LogP contribution in [-0.2, 0) is 9.59 Å². The third-order valence-electron chi connectivity index (χ3n) is 6.82. The molecular formula is C24H18N2O4. The molecule has 2 bridgehead atoms. The van der Waals surface area contributed by atoms with E-state index in [0.29, 0.717) is 5.69 Å². The van der Waals surface area contributed by atoms with Gasteiger partial charge in [-0.1, -0.05) is 48.5 Å². The molecule has 4 aliphatic rings. The minimum Gasteiger partial charge on any atom is -0.595 e. The highest BCUT2D eigenvalue weighted by molar-refractivity contribution is 6.23. The number of anilines is 1. The summed E-state index contributed by atoms with van der Waals surface area (Å²) in [5, 5.41) is 19.3. The molecule has 0 saturated carbocycles. The van der Waals surface area contributed by atoms with Gasteiger partial charge in [-0.15, -0.1) is 0 Å². The maximum atomic E-state index is 13.6. The number of hydrogen-bond donors (Lipinski definition) is 2. The number of quaternary nitrogens is 1. The third-order valence-corrected chi connectivity index (χ3v) is 6.82. The van der Waals surface area contributed by atoms with Crippen molar-refractivity contribution in [2.45, 2.75) is 11.8 Å². The first-order chi connectivity index (χ1) is 14.6. The number of benzene rings is 3. The SMILES string of the molecule is O=C1[C@@H]2C3c4ccccc4C(c4ccccc43)[C@@H]2C(=O)N1c1ccc([NH+]([O-])O)cc1. The van der Waals surface area contributed by atoms with E-state index < -0.39 is 17.1 Å². The lowest BCUT2D eigenvalue weighted by Crippen LogP contribution is -2.99. The van der Waals surface area contributed by atoms with Gasteiger partial charge in [0.15, 0.2) is 5.69 Å². The molecule has 0 radical (unpaired) electrons. The van der Waals surface area contributed by atoms with Crippen LogP contribution in [0.1, 0.15) is 34.1 Å². The van der Waals surface area contributed by atoms with Gasteiger partial charge in [0.1, 0.15) is 0 Å². The highest BCUT2D eigenvalue weighted by Crippen LogP contribution is 2.61. The molecule has 1 fully saturated rings. The number of nitrogens with zero attached hydrogens (tertiary/aromatic N) is 1. The predicted molar refractivity (Wildman–Crippen MR) is 108 cm³/mol. The van der Waals surface area contributed by atoms with Crippen molar-refractivity contribution in [3.05, 3.63) is 100 Å². The molecule has 7 rings (SSSR count). The summed E-state index contributed by atoms with van der Waals surface area (Å²) in [5.74, 6) is -1.57. The van der Waals surface area contributed by atoms with Gasteiger partial charge in [-0.2, -0.15) is 5.23 Å². The van der Waals surface area contributed by atoms with E-state index in [0.717, 1.165) is 22.3 Å². The molecule has 6 nitrogen and oxygen atoms in total. The molecule has 0 spiro atoms. The van der Waals surface area contributed by atoms with Gasteiger partial charge >= 0.3 is 0 Å². The van der Waals surface area contributed by atoms with Crippen molar-refractivity contribution in [2.24, 2.45) is 11.8 Å². The minimum atomic E-state index is -1.04. The van der Waals surface area contributed by atoms with Gasteiger partial charge in [0.2, 0.25) is 11.8 Å². The van der Waals surface area contributed by atoms with Crippen LogP contribution >= 0.6 is 0 Å². The summed E-state index contributed by atoms with van der Waals surface area (Å²) in [5.41, 5.74) is 5.07. The zero-order valence-corrected chi connectivity index (χ0v) is 15.9. The van der Waals surface area contributed by atoms with Crippen LogP contribution in [0.25, 0.3) is 0 Å². The fourth-order valence-electron chi connectivity index (χ4n) is 5.68. The van der Waals surface area contributed by atoms with Crippen LogP contribution in [0.3, 0.4) is 0 Å². The highest BCUT2D eigenvalue weighted by Gasteiger charge is 2.61. The van der Waals surface area contributed by atoms with Gasteiger partial charge in [-0.3, -0.25) is 9.59 Å². The van der Waals surface area contributed by atoms with E-state index in [4.69, 9.17) is 5.21 Å². The molecule has 148 valence electrons. The molecule has 3 aromatic carbocycles. The van der Waals surface area contributed by atoms with E-state index >= 15 is 0 Å². The molecule has 3 aromatic rings. The average Bonchev–Trinajstić information content (AvgIpc) is 3.04. The summed E-state index contributed by atoms with van der Waals surface area (Å²) in [4.78, 5) is 28.4. The van der Waals surface area contributed by atoms with E-state index in [-0.39, 0.29) is 29.3 Å². The zero-order valence-electron chi connectivity index (χ0n) is 15.9. The second-order valence-electron chi connectivity index (χ2n) is 8.13. The molecule has 3 aliphatic carbocycles. The number of carbonyl (C=O) groups is 2. The standard InChI is InChI=1S/C24H18N2O4/c27-23-21-19-15-5-1-2-6-16(15)20(18-8-4-3-7-17(18)19)22(21)24(28)25(23)13-9-11-14(12-10-13)26(29)30/h1-12,19-22,26,29H/t19?,20?,21-,22+. The van der Waals surface area contributed by atoms with Crippen LogP contribution in [-0.4, -0.2) is 17.0 Å². The van der Waals surface area contributed by atoms with E-state index in [1.54, 1.807) is 12.1 Å². The Bertz CT molecular complexity index is 1090. The minimum absolute atomic E-state index is 0.121. The van der Waals surface area contributed by atoms with Gasteiger partial charge in [0.25, 0.3) is 0 Å². The van der Waals surface area contributed by atoms with Crippen molar-refractivity contribution in [1.29, 1.82) is 0 Å². The Morgan fingerprint density at radius 3 is 1.47 bits per heavy atom. The third kappa shape index (κ3) is 2.13. The van der Waals surface area contributed by atoms with Crippen molar-refractivity contribution >= 4 is 23.2 Å². The van der Waals surface area contributed by atoms with Crippen molar-refractivity contribution in [2.75, 3.05) is 4.90 Å². The molecule has 1 heterocycles. The summed E-state index contributed by atoms with van der Waals surface area (Å²) in [6.45, 7) is 0. The van der Waals surface area contributed by atoms with Crippen molar-refractivity contribution in [1.82, 2.24) is 0 Å². The first kappa shape index (κ1) is 17.5. The Morgan fingerprint density at radius 2 is 1.10 bits per heavy atom. The summed E-state index contributed by atoms with van der Waals surface area (Å²) in [6, 6.07) is 22.2. The van der Waals surface area contributed by atoms with Gasteiger partial charge < -0.3 is 5.21 Å². The largest absolute Gasteiger partial charge is 0.595 e. The first-order valence-corrected chi connectivity index (χ1v) is 9.96. The second kappa shape index (κ2) is 6.09. The first-order valence-electron chi connectivity index (χ1n) is 9.96. The fraction of sp³-hybridized carbons (Fsp3) is 0.167. The average molecular weight is 398 g/mol. The molecule has 30 heavy (non-hydrogen) atoms. The fourth-order valence-corrected chi connectivity index (χ4v) is 5.68. The Morgan fingerprint density at radius 1 is 0.700 bits per heavy atom. The molecule has 0 aromatic heterocycles. The summed E-state index contributed by atoms with van der Waals surface area (Å²) in [7, 11) is 0. The van der Waals surface area contributed by atoms with Crippen LogP contribution in [0.5, 0.6) is 0 Å². The topological polar surface area (TPSA) is 85.1 Å². The van der Waals surface area contributed by atoms with Crippen molar-refractivity contribution in [3.8, 4) is 0 Å². The van der Waals surface area contributed by atoms with Crippen LogP contribution < -0.4 is 10.1 Å². The van der Waals surface area contributed by atoms with Gasteiger partial charge in [-0.25, -0.2) is 10.1 Å². The highest BCUT2D eigenvalue weighted by atomic mass is 16.8. The van der Waals surface area contributed by atoms with Crippen molar-refractivity contribution < 1.29 is 20.0 Å². The summed E-state index contributed by atoms with van der Waals surface area (Å²) >= 11 is 0. The maximum absolute atomic E-state index is 13.6.